The number of aromatic nitrogens is 2. The Morgan fingerprint density at radius 3 is 2.44 bits per heavy atom. The molecule has 0 radical (unpaired) electrons. The van der Waals surface area contributed by atoms with E-state index >= 15 is 0 Å². The molecule has 0 bridgehead atoms. The van der Waals surface area contributed by atoms with Gasteiger partial charge in [-0.05, 0) is 37.5 Å². The van der Waals surface area contributed by atoms with E-state index in [1.807, 2.05) is 49.4 Å². The van der Waals surface area contributed by atoms with Crippen molar-refractivity contribution in [3.8, 4) is 0 Å². The van der Waals surface area contributed by atoms with Gasteiger partial charge in [0.1, 0.15) is 19.0 Å². The van der Waals surface area contributed by atoms with Gasteiger partial charge in [-0.3, -0.25) is 4.79 Å². The van der Waals surface area contributed by atoms with Crippen molar-refractivity contribution in [3.05, 3.63) is 82.9 Å². The Hall–Kier alpha value is -3.46. The van der Waals surface area contributed by atoms with Crippen molar-refractivity contribution in [2.24, 2.45) is 0 Å². The van der Waals surface area contributed by atoms with E-state index in [4.69, 9.17) is 4.74 Å². The van der Waals surface area contributed by atoms with Crippen LogP contribution in [0.3, 0.4) is 0 Å². The lowest BCUT2D eigenvalue weighted by molar-refractivity contribution is -0.129. The number of cyclic esters (lactones) is 1. The van der Waals surface area contributed by atoms with Crippen LogP contribution in [0.15, 0.2) is 59.9 Å². The van der Waals surface area contributed by atoms with Crippen LogP contribution >= 0.6 is 0 Å². The first-order valence-corrected chi connectivity index (χ1v) is 12.4. The van der Waals surface area contributed by atoms with E-state index in [9.17, 15) is 18.0 Å². The monoisotopic (exact) mass is 481 g/mol. The quantitative estimate of drug-likeness (QED) is 0.522. The highest BCUT2D eigenvalue weighted by atomic mass is 32.2. The number of imide groups is 1. The van der Waals surface area contributed by atoms with Gasteiger partial charge in [0.25, 0.3) is 10.0 Å². The Balaban J connectivity index is 1.54. The number of hydrogen-bond donors (Lipinski definition) is 0. The molecule has 8 nitrogen and oxygen atoms in total. The minimum Gasteiger partial charge on any atom is -0.446 e. The number of hydrogen-bond acceptors (Lipinski definition) is 6. The third-order valence-electron chi connectivity index (χ3n) is 6.03. The fourth-order valence-electron chi connectivity index (χ4n) is 4.47. The summed E-state index contributed by atoms with van der Waals surface area (Å²) in [4.78, 5) is 31.0. The summed E-state index contributed by atoms with van der Waals surface area (Å²) in [6.45, 7) is 7.33. The molecule has 178 valence electrons. The summed E-state index contributed by atoms with van der Waals surface area (Å²) in [5, 5.41) is 0. The minimum atomic E-state index is -3.84. The number of aryl methyl sites for hydroxylation is 3. The summed E-state index contributed by atoms with van der Waals surface area (Å²) in [7, 11) is -3.84. The first-order valence-electron chi connectivity index (χ1n) is 11.0. The van der Waals surface area contributed by atoms with Gasteiger partial charge in [0, 0.05) is 18.5 Å². The smallest absolute Gasteiger partial charge is 0.417 e. The average molecular weight is 482 g/mol. The molecule has 0 spiro atoms. The average Bonchev–Trinajstić information content (AvgIpc) is 3.41. The number of rotatable bonds is 6. The predicted octanol–water partition coefficient (Wildman–Crippen LogP) is 4.26. The summed E-state index contributed by atoms with van der Waals surface area (Å²) >= 11 is 0. The SMILES string of the molecule is Cc1cc(C)c(S(=O)(=O)n2cnc([C@@H](C)CC(=O)N3C(=O)OC[C@@H]3c3ccccc3)c2)c(C)c1. The van der Waals surface area contributed by atoms with Crippen molar-refractivity contribution in [2.45, 2.75) is 51.0 Å². The lowest BCUT2D eigenvalue weighted by atomic mass is 10.0. The van der Waals surface area contributed by atoms with E-state index in [1.165, 1.54) is 12.5 Å². The van der Waals surface area contributed by atoms with Gasteiger partial charge in [-0.15, -0.1) is 0 Å². The Bertz CT molecular complexity index is 1320. The molecule has 34 heavy (non-hydrogen) atoms. The standard InChI is InChI=1S/C25H27N3O5S/c1-16-10-18(3)24(19(4)11-16)34(31,32)27-13-21(26-15-27)17(2)12-23(29)28-22(14-33-25(28)30)20-8-6-5-7-9-20/h5-11,13,15,17,22H,12,14H2,1-4H3/t17-,22+/m0/s1. The predicted molar refractivity (Wildman–Crippen MR) is 126 cm³/mol. The van der Waals surface area contributed by atoms with Gasteiger partial charge < -0.3 is 4.74 Å². The Labute approximate surface area is 199 Å². The first kappa shape index (κ1) is 23.7. The van der Waals surface area contributed by atoms with E-state index in [-0.39, 0.29) is 17.9 Å². The Morgan fingerprint density at radius 2 is 1.79 bits per heavy atom. The van der Waals surface area contributed by atoms with Crippen LogP contribution in [0, 0.1) is 20.8 Å². The molecule has 1 aliphatic rings. The maximum Gasteiger partial charge on any atom is 0.417 e. The highest BCUT2D eigenvalue weighted by Gasteiger charge is 2.39. The number of imidazole rings is 1. The molecular formula is C25H27N3O5S. The summed E-state index contributed by atoms with van der Waals surface area (Å²) in [6.07, 6.45) is 1.99. The maximum absolute atomic E-state index is 13.3. The van der Waals surface area contributed by atoms with Crippen molar-refractivity contribution in [1.29, 1.82) is 0 Å². The summed E-state index contributed by atoms with van der Waals surface area (Å²) in [5.74, 6) is -0.805. The highest BCUT2D eigenvalue weighted by Crippen LogP contribution is 2.31. The Morgan fingerprint density at radius 1 is 1.15 bits per heavy atom. The molecule has 4 rings (SSSR count). The third-order valence-corrected chi connectivity index (χ3v) is 7.95. The second-order valence-corrected chi connectivity index (χ2v) is 10.5. The molecule has 1 fully saturated rings. The number of carbonyl (C=O) groups is 2. The van der Waals surface area contributed by atoms with E-state index in [2.05, 4.69) is 4.98 Å². The van der Waals surface area contributed by atoms with Gasteiger partial charge in [-0.1, -0.05) is 55.0 Å². The second-order valence-electron chi connectivity index (χ2n) is 8.73. The number of nitrogens with zero attached hydrogens (tertiary/aromatic N) is 3. The number of ether oxygens (including phenoxy) is 1. The van der Waals surface area contributed by atoms with Crippen LogP contribution in [-0.4, -0.2) is 40.9 Å². The number of carbonyl (C=O) groups excluding carboxylic acids is 2. The second kappa shape index (κ2) is 9.06. The normalized spacial score (nSPS) is 17.0. The van der Waals surface area contributed by atoms with Crippen molar-refractivity contribution in [1.82, 2.24) is 13.9 Å². The molecule has 2 heterocycles. The summed E-state index contributed by atoms with van der Waals surface area (Å²) in [5.41, 5.74) is 3.57. The molecule has 0 unspecified atom stereocenters. The largest absolute Gasteiger partial charge is 0.446 e. The molecule has 2 amide bonds. The van der Waals surface area contributed by atoms with E-state index in [0.717, 1.165) is 20.0 Å². The van der Waals surface area contributed by atoms with Gasteiger partial charge in [0.15, 0.2) is 0 Å². The summed E-state index contributed by atoms with van der Waals surface area (Å²) in [6, 6.07) is 12.4. The number of amides is 2. The van der Waals surface area contributed by atoms with Gasteiger partial charge in [-0.25, -0.2) is 27.1 Å². The fraction of sp³-hybridized carbons (Fsp3) is 0.320. The van der Waals surface area contributed by atoms with Crippen LogP contribution in [0.2, 0.25) is 0 Å². The van der Waals surface area contributed by atoms with Gasteiger partial charge in [0.05, 0.1) is 10.6 Å². The zero-order valence-corrected chi connectivity index (χ0v) is 20.4. The van der Waals surface area contributed by atoms with Gasteiger partial charge in [0.2, 0.25) is 5.91 Å². The van der Waals surface area contributed by atoms with Gasteiger partial charge >= 0.3 is 6.09 Å². The topological polar surface area (TPSA) is 98.6 Å². The van der Waals surface area contributed by atoms with Gasteiger partial charge in [-0.2, -0.15) is 0 Å². The molecule has 2 atom stereocenters. The van der Waals surface area contributed by atoms with Crippen LogP contribution in [-0.2, 0) is 19.6 Å². The molecule has 1 aliphatic heterocycles. The van der Waals surface area contributed by atoms with E-state index < -0.39 is 34.0 Å². The zero-order valence-electron chi connectivity index (χ0n) is 19.6. The lowest BCUT2D eigenvalue weighted by Gasteiger charge is -2.21. The molecule has 0 aliphatic carbocycles. The van der Waals surface area contributed by atoms with E-state index in [1.54, 1.807) is 20.8 Å². The lowest BCUT2D eigenvalue weighted by Crippen LogP contribution is -2.34. The van der Waals surface area contributed by atoms with Crippen molar-refractivity contribution in [2.75, 3.05) is 6.61 Å². The third kappa shape index (κ3) is 4.35. The highest BCUT2D eigenvalue weighted by molar-refractivity contribution is 7.90. The molecule has 9 heteroatoms. The molecular weight excluding hydrogens is 454 g/mol. The molecule has 0 N–H and O–H groups in total. The van der Waals surface area contributed by atoms with E-state index in [0.29, 0.717) is 16.8 Å². The summed E-state index contributed by atoms with van der Waals surface area (Å²) < 4.78 is 32.8. The maximum atomic E-state index is 13.3. The van der Waals surface area contributed by atoms with Crippen molar-refractivity contribution >= 4 is 22.0 Å². The van der Waals surface area contributed by atoms with Crippen LogP contribution in [0.1, 0.15) is 53.3 Å². The molecule has 1 saturated heterocycles. The van der Waals surface area contributed by atoms with Crippen molar-refractivity contribution < 1.29 is 22.7 Å². The van der Waals surface area contributed by atoms with Crippen LogP contribution < -0.4 is 0 Å². The Kier molecular flexibility index (Phi) is 6.31. The van der Waals surface area contributed by atoms with Crippen LogP contribution in [0.4, 0.5) is 4.79 Å². The number of benzene rings is 2. The molecule has 2 aromatic carbocycles. The van der Waals surface area contributed by atoms with Crippen LogP contribution in [0.25, 0.3) is 0 Å². The van der Waals surface area contributed by atoms with Crippen molar-refractivity contribution in [3.63, 3.8) is 0 Å². The zero-order chi connectivity index (χ0) is 24.6. The van der Waals surface area contributed by atoms with Crippen LogP contribution in [0.5, 0.6) is 0 Å². The first-order chi connectivity index (χ1) is 16.1. The minimum absolute atomic E-state index is 0.0158. The molecule has 0 saturated carbocycles. The molecule has 1 aromatic heterocycles. The fourth-order valence-corrected chi connectivity index (χ4v) is 6.03. The molecule has 3 aromatic rings.